The number of urea groups is 1. The summed E-state index contributed by atoms with van der Waals surface area (Å²) in [6, 6.07) is 4.26. The molecular formula is C15H23N3O. The van der Waals surface area contributed by atoms with Crippen molar-refractivity contribution in [2.45, 2.75) is 45.1 Å². The molecule has 1 atom stereocenters. The number of carbonyl (C=O) groups is 1. The normalized spacial score (nSPS) is 19.2. The van der Waals surface area contributed by atoms with Crippen molar-refractivity contribution in [1.29, 1.82) is 0 Å². The number of piperidine rings is 1. The molecule has 1 aliphatic heterocycles. The standard InChI is InChI=1S/C15H23N3O/c1-2-3-10-17-15(19)18-11-5-4-8-14(18)13-7-6-9-16-12-13/h6-7,9,12,14H,2-5,8,10-11H2,1H3,(H,17,19). The molecule has 0 radical (unpaired) electrons. The zero-order valence-electron chi connectivity index (χ0n) is 11.6. The molecule has 1 fully saturated rings. The Morgan fingerprint density at radius 1 is 1.53 bits per heavy atom. The lowest BCUT2D eigenvalue weighted by atomic mass is 9.97. The van der Waals surface area contributed by atoms with Gasteiger partial charge >= 0.3 is 6.03 Å². The van der Waals surface area contributed by atoms with Crippen molar-refractivity contribution in [1.82, 2.24) is 15.2 Å². The summed E-state index contributed by atoms with van der Waals surface area (Å²) in [6.07, 6.45) is 9.10. The Morgan fingerprint density at radius 2 is 2.42 bits per heavy atom. The quantitative estimate of drug-likeness (QED) is 0.846. The Labute approximate surface area is 115 Å². The van der Waals surface area contributed by atoms with Crippen molar-refractivity contribution in [3.63, 3.8) is 0 Å². The first-order chi connectivity index (χ1) is 9.33. The van der Waals surface area contributed by atoms with E-state index in [0.29, 0.717) is 0 Å². The number of aromatic nitrogens is 1. The van der Waals surface area contributed by atoms with Crippen LogP contribution in [0, 0.1) is 0 Å². The fraction of sp³-hybridized carbons (Fsp3) is 0.600. The monoisotopic (exact) mass is 261 g/mol. The second-order valence-corrected chi connectivity index (χ2v) is 5.08. The van der Waals surface area contributed by atoms with Crippen molar-refractivity contribution >= 4 is 6.03 Å². The topological polar surface area (TPSA) is 45.2 Å². The van der Waals surface area contributed by atoms with Crippen LogP contribution in [0.3, 0.4) is 0 Å². The zero-order chi connectivity index (χ0) is 13.5. The van der Waals surface area contributed by atoms with Crippen LogP contribution in [0.5, 0.6) is 0 Å². The molecule has 0 bridgehead atoms. The minimum absolute atomic E-state index is 0.0713. The van der Waals surface area contributed by atoms with Gasteiger partial charge in [0.15, 0.2) is 0 Å². The molecule has 2 rings (SSSR count). The molecular weight excluding hydrogens is 238 g/mol. The van der Waals surface area contributed by atoms with Crippen LogP contribution < -0.4 is 5.32 Å². The van der Waals surface area contributed by atoms with Crippen molar-refractivity contribution < 1.29 is 4.79 Å². The maximum Gasteiger partial charge on any atom is 0.317 e. The number of carbonyl (C=O) groups excluding carboxylic acids is 1. The highest BCUT2D eigenvalue weighted by atomic mass is 16.2. The molecule has 1 saturated heterocycles. The predicted molar refractivity (Wildman–Crippen MR) is 75.8 cm³/mol. The van der Waals surface area contributed by atoms with Gasteiger partial charge in [0.2, 0.25) is 0 Å². The number of nitrogens with zero attached hydrogens (tertiary/aromatic N) is 2. The van der Waals surface area contributed by atoms with Gasteiger partial charge in [-0.1, -0.05) is 19.4 Å². The Bertz CT molecular complexity index is 394. The molecule has 1 aromatic heterocycles. The third kappa shape index (κ3) is 3.69. The van der Waals surface area contributed by atoms with Crippen molar-refractivity contribution in [2.24, 2.45) is 0 Å². The van der Waals surface area contributed by atoms with Gasteiger partial charge in [-0.2, -0.15) is 0 Å². The Morgan fingerprint density at radius 3 is 3.16 bits per heavy atom. The van der Waals surface area contributed by atoms with E-state index in [1.807, 2.05) is 17.2 Å². The highest BCUT2D eigenvalue weighted by Crippen LogP contribution is 2.30. The molecule has 0 spiro atoms. The molecule has 19 heavy (non-hydrogen) atoms. The van der Waals surface area contributed by atoms with Crippen LogP contribution in [0.25, 0.3) is 0 Å². The largest absolute Gasteiger partial charge is 0.338 e. The van der Waals surface area contributed by atoms with Crippen molar-refractivity contribution in [3.8, 4) is 0 Å². The van der Waals surface area contributed by atoms with E-state index < -0.39 is 0 Å². The minimum atomic E-state index is 0.0713. The minimum Gasteiger partial charge on any atom is -0.338 e. The second kappa shape index (κ2) is 7.12. The maximum atomic E-state index is 12.3. The summed E-state index contributed by atoms with van der Waals surface area (Å²) in [6.45, 7) is 3.74. The molecule has 2 heterocycles. The van der Waals surface area contributed by atoms with Gasteiger partial charge in [-0.3, -0.25) is 4.98 Å². The summed E-state index contributed by atoms with van der Waals surface area (Å²) >= 11 is 0. The van der Waals surface area contributed by atoms with Gasteiger partial charge in [-0.25, -0.2) is 4.79 Å². The average Bonchev–Trinajstić information content (AvgIpc) is 2.48. The van der Waals surface area contributed by atoms with Crippen LogP contribution in [0.1, 0.15) is 50.6 Å². The molecule has 2 amide bonds. The molecule has 0 saturated carbocycles. The van der Waals surface area contributed by atoms with Gasteiger partial charge in [0, 0.05) is 25.5 Å². The van der Waals surface area contributed by atoms with Crippen LogP contribution in [0.4, 0.5) is 4.79 Å². The number of hydrogen-bond donors (Lipinski definition) is 1. The summed E-state index contributed by atoms with van der Waals surface area (Å²) in [5.41, 5.74) is 1.15. The van der Waals surface area contributed by atoms with Crippen LogP contribution in [0.2, 0.25) is 0 Å². The van der Waals surface area contributed by atoms with E-state index in [0.717, 1.165) is 44.3 Å². The van der Waals surface area contributed by atoms with E-state index in [-0.39, 0.29) is 12.1 Å². The van der Waals surface area contributed by atoms with Crippen molar-refractivity contribution in [3.05, 3.63) is 30.1 Å². The van der Waals surface area contributed by atoms with Crippen molar-refractivity contribution in [2.75, 3.05) is 13.1 Å². The van der Waals surface area contributed by atoms with Gasteiger partial charge in [-0.05, 0) is 37.3 Å². The molecule has 1 unspecified atom stereocenters. The van der Waals surface area contributed by atoms with E-state index in [9.17, 15) is 4.79 Å². The zero-order valence-corrected chi connectivity index (χ0v) is 11.6. The number of likely N-dealkylation sites (tertiary alicyclic amines) is 1. The fourth-order valence-electron chi connectivity index (χ4n) is 2.57. The number of unbranched alkanes of at least 4 members (excludes halogenated alkanes) is 1. The lowest BCUT2D eigenvalue weighted by molar-refractivity contribution is 0.151. The summed E-state index contributed by atoms with van der Waals surface area (Å²) in [7, 11) is 0. The van der Waals surface area contributed by atoms with Gasteiger partial charge in [0.05, 0.1) is 6.04 Å². The number of nitrogens with one attached hydrogen (secondary N) is 1. The summed E-state index contributed by atoms with van der Waals surface area (Å²) in [5.74, 6) is 0. The van der Waals surface area contributed by atoms with E-state index in [4.69, 9.17) is 0 Å². The van der Waals surface area contributed by atoms with Crippen LogP contribution >= 0.6 is 0 Å². The highest BCUT2D eigenvalue weighted by Gasteiger charge is 2.27. The summed E-state index contributed by atoms with van der Waals surface area (Å²) < 4.78 is 0. The Hall–Kier alpha value is -1.58. The van der Waals surface area contributed by atoms with Crippen LogP contribution in [0.15, 0.2) is 24.5 Å². The van der Waals surface area contributed by atoms with E-state index in [1.54, 1.807) is 6.20 Å². The first-order valence-electron chi connectivity index (χ1n) is 7.27. The van der Waals surface area contributed by atoms with Gasteiger partial charge in [0.1, 0.15) is 0 Å². The summed E-state index contributed by atoms with van der Waals surface area (Å²) in [4.78, 5) is 18.4. The van der Waals surface area contributed by atoms with E-state index >= 15 is 0 Å². The lowest BCUT2D eigenvalue weighted by Gasteiger charge is -2.35. The molecule has 104 valence electrons. The van der Waals surface area contributed by atoms with Gasteiger partial charge < -0.3 is 10.2 Å². The molecule has 1 aromatic rings. The Balaban J connectivity index is 2.01. The summed E-state index contributed by atoms with van der Waals surface area (Å²) in [5, 5.41) is 3.02. The molecule has 4 nitrogen and oxygen atoms in total. The molecule has 1 aliphatic rings. The third-order valence-electron chi connectivity index (χ3n) is 3.64. The third-order valence-corrected chi connectivity index (χ3v) is 3.64. The first kappa shape index (κ1) is 13.8. The molecule has 0 aliphatic carbocycles. The van der Waals surface area contributed by atoms with E-state index in [2.05, 4.69) is 23.3 Å². The molecule has 0 aromatic carbocycles. The maximum absolute atomic E-state index is 12.3. The fourth-order valence-corrected chi connectivity index (χ4v) is 2.57. The highest BCUT2D eigenvalue weighted by molar-refractivity contribution is 5.74. The molecule has 4 heteroatoms. The molecule has 1 N–H and O–H groups in total. The van der Waals surface area contributed by atoms with E-state index in [1.165, 1.54) is 6.42 Å². The number of pyridine rings is 1. The second-order valence-electron chi connectivity index (χ2n) is 5.08. The van der Waals surface area contributed by atoms with Gasteiger partial charge in [-0.15, -0.1) is 0 Å². The lowest BCUT2D eigenvalue weighted by Crippen LogP contribution is -2.44. The average molecular weight is 261 g/mol. The van der Waals surface area contributed by atoms with Crippen LogP contribution in [-0.2, 0) is 0 Å². The van der Waals surface area contributed by atoms with Gasteiger partial charge in [0.25, 0.3) is 0 Å². The number of rotatable bonds is 4. The number of hydrogen-bond acceptors (Lipinski definition) is 2. The first-order valence-corrected chi connectivity index (χ1v) is 7.27. The number of amides is 2. The van der Waals surface area contributed by atoms with Crippen LogP contribution in [-0.4, -0.2) is 29.0 Å². The smallest absolute Gasteiger partial charge is 0.317 e. The predicted octanol–water partition coefficient (Wildman–Crippen LogP) is 3.12. The Kier molecular flexibility index (Phi) is 5.19. The SMILES string of the molecule is CCCCNC(=O)N1CCCCC1c1cccnc1.